The topological polar surface area (TPSA) is 18.5 Å². The van der Waals surface area contributed by atoms with E-state index in [0.29, 0.717) is 5.92 Å². The Morgan fingerprint density at radius 1 is 1.00 bits per heavy atom. The van der Waals surface area contributed by atoms with Gasteiger partial charge in [-0.3, -0.25) is 0 Å². The summed E-state index contributed by atoms with van der Waals surface area (Å²) in [4.78, 5) is 0. The Balaban J connectivity index is 2.70. The number of aryl methyl sites for hydroxylation is 1. The van der Waals surface area contributed by atoms with E-state index in [1.807, 2.05) is 0 Å². The number of hydrogen-bond acceptors (Lipinski definition) is 2. The summed E-state index contributed by atoms with van der Waals surface area (Å²) in [5, 5.41) is 0. The van der Waals surface area contributed by atoms with Gasteiger partial charge in [0.05, 0.1) is 0 Å². The van der Waals surface area contributed by atoms with E-state index in [0.717, 1.165) is 30.8 Å². The van der Waals surface area contributed by atoms with E-state index in [2.05, 4.69) is 84.8 Å². The number of allylic oxidation sites excluding steroid dienone is 3. The van der Waals surface area contributed by atoms with Gasteiger partial charge in [-0.25, -0.2) is 0 Å². The second kappa shape index (κ2) is 10.6. The average molecular weight is 459 g/mol. The fourth-order valence-electron chi connectivity index (χ4n) is 4.44. The Bertz CT molecular complexity index is 759. The molecule has 2 nitrogen and oxygen atoms in total. The summed E-state index contributed by atoms with van der Waals surface area (Å²) >= 11 is 0. The standard InChI is InChI=1S/C27H46O2Si2/c1-11-12-13-14-22-18-25(28-30(5,6)7)27(26(19-22)29-31(8,9)10)24-17-21(4)15-16-23(24)20(2)3/h17-19,23-24H,2,11-16H2,1,3-10H3. The van der Waals surface area contributed by atoms with Gasteiger partial charge in [0.15, 0.2) is 0 Å². The number of rotatable bonds is 10. The van der Waals surface area contributed by atoms with Crippen LogP contribution in [-0.4, -0.2) is 16.6 Å². The molecule has 31 heavy (non-hydrogen) atoms. The molecule has 174 valence electrons. The van der Waals surface area contributed by atoms with Crippen molar-refractivity contribution in [2.45, 2.75) is 104 Å². The highest BCUT2D eigenvalue weighted by Crippen LogP contribution is 2.48. The minimum Gasteiger partial charge on any atom is -0.544 e. The lowest BCUT2D eigenvalue weighted by molar-refractivity contribution is 0.447. The number of benzene rings is 1. The predicted molar refractivity (Wildman–Crippen MR) is 142 cm³/mol. The highest BCUT2D eigenvalue weighted by molar-refractivity contribution is 6.71. The molecular weight excluding hydrogens is 412 g/mol. The minimum atomic E-state index is -1.79. The number of unbranched alkanes of at least 4 members (excludes halogenated alkanes) is 2. The van der Waals surface area contributed by atoms with Crippen molar-refractivity contribution in [1.82, 2.24) is 0 Å². The molecule has 0 amide bonds. The van der Waals surface area contributed by atoms with Crippen LogP contribution in [0.5, 0.6) is 11.5 Å². The second-order valence-electron chi connectivity index (χ2n) is 11.4. The summed E-state index contributed by atoms with van der Waals surface area (Å²) in [5.74, 6) is 2.82. The first kappa shape index (κ1) is 26.0. The van der Waals surface area contributed by atoms with Crippen LogP contribution in [0.3, 0.4) is 0 Å². The Kier molecular flexibility index (Phi) is 8.86. The highest BCUT2D eigenvalue weighted by atomic mass is 28.4. The van der Waals surface area contributed by atoms with E-state index in [1.165, 1.54) is 41.5 Å². The van der Waals surface area contributed by atoms with Crippen molar-refractivity contribution in [2.24, 2.45) is 5.92 Å². The Labute approximate surface area is 194 Å². The Morgan fingerprint density at radius 2 is 1.55 bits per heavy atom. The average Bonchev–Trinajstić information content (AvgIpc) is 2.58. The quantitative estimate of drug-likeness (QED) is 0.198. The Hall–Kier alpha value is -1.27. The monoisotopic (exact) mass is 458 g/mol. The summed E-state index contributed by atoms with van der Waals surface area (Å²) < 4.78 is 13.5. The third-order valence-electron chi connectivity index (χ3n) is 5.78. The molecular formula is C27H46O2Si2. The van der Waals surface area contributed by atoms with E-state index < -0.39 is 16.6 Å². The van der Waals surface area contributed by atoms with Crippen molar-refractivity contribution in [1.29, 1.82) is 0 Å². The maximum atomic E-state index is 6.77. The predicted octanol–water partition coefficient (Wildman–Crippen LogP) is 8.86. The van der Waals surface area contributed by atoms with E-state index in [9.17, 15) is 0 Å². The van der Waals surface area contributed by atoms with Crippen LogP contribution < -0.4 is 8.85 Å². The zero-order chi connectivity index (χ0) is 23.4. The van der Waals surface area contributed by atoms with Crippen molar-refractivity contribution in [3.05, 3.63) is 47.1 Å². The van der Waals surface area contributed by atoms with Crippen LogP contribution in [0.25, 0.3) is 0 Å². The molecule has 0 heterocycles. The maximum absolute atomic E-state index is 6.77. The van der Waals surface area contributed by atoms with E-state index in [4.69, 9.17) is 8.85 Å². The van der Waals surface area contributed by atoms with Crippen LogP contribution >= 0.6 is 0 Å². The third-order valence-corrected chi connectivity index (χ3v) is 7.44. The zero-order valence-corrected chi connectivity index (χ0v) is 23.7. The third kappa shape index (κ3) is 7.98. The van der Waals surface area contributed by atoms with Crippen LogP contribution in [0.2, 0.25) is 39.3 Å². The molecule has 0 aromatic heterocycles. The van der Waals surface area contributed by atoms with Crippen LogP contribution in [0, 0.1) is 5.92 Å². The molecule has 1 aromatic rings. The maximum Gasteiger partial charge on any atom is 0.242 e. The normalized spacial score (nSPS) is 19.7. The van der Waals surface area contributed by atoms with Crippen LogP contribution in [0.15, 0.2) is 35.9 Å². The first-order chi connectivity index (χ1) is 14.3. The van der Waals surface area contributed by atoms with Gasteiger partial charge >= 0.3 is 0 Å². The molecule has 2 rings (SSSR count). The van der Waals surface area contributed by atoms with Gasteiger partial charge in [-0.2, -0.15) is 0 Å². The van der Waals surface area contributed by atoms with Gasteiger partial charge in [0.1, 0.15) is 11.5 Å². The lowest BCUT2D eigenvalue weighted by Gasteiger charge is -2.35. The summed E-state index contributed by atoms with van der Waals surface area (Å²) in [6.45, 7) is 24.7. The highest BCUT2D eigenvalue weighted by Gasteiger charge is 2.33. The summed E-state index contributed by atoms with van der Waals surface area (Å²) in [5.41, 5.74) is 5.34. The molecule has 1 aliphatic carbocycles. The van der Waals surface area contributed by atoms with Crippen LogP contribution in [0.4, 0.5) is 0 Å². The smallest absolute Gasteiger partial charge is 0.242 e. The molecule has 1 aliphatic rings. The molecule has 1 aromatic carbocycles. The van der Waals surface area contributed by atoms with Crippen LogP contribution in [-0.2, 0) is 6.42 Å². The van der Waals surface area contributed by atoms with Gasteiger partial charge in [0, 0.05) is 11.5 Å². The van der Waals surface area contributed by atoms with Gasteiger partial charge < -0.3 is 8.85 Å². The van der Waals surface area contributed by atoms with E-state index in [1.54, 1.807) is 0 Å². The Morgan fingerprint density at radius 3 is 2.00 bits per heavy atom. The molecule has 0 aliphatic heterocycles. The lowest BCUT2D eigenvalue weighted by Crippen LogP contribution is -2.33. The second-order valence-corrected chi connectivity index (χ2v) is 20.3. The van der Waals surface area contributed by atoms with Crippen molar-refractivity contribution in [3.63, 3.8) is 0 Å². The van der Waals surface area contributed by atoms with Gasteiger partial charge in [-0.15, -0.1) is 0 Å². The first-order valence-corrected chi connectivity index (χ1v) is 19.0. The molecule has 2 atom stereocenters. The zero-order valence-electron chi connectivity index (χ0n) is 21.7. The van der Waals surface area contributed by atoms with Crippen molar-refractivity contribution in [3.8, 4) is 11.5 Å². The first-order valence-electron chi connectivity index (χ1n) is 12.2. The molecule has 0 spiro atoms. The molecule has 0 fully saturated rings. The van der Waals surface area contributed by atoms with Crippen molar-refractivity contribution in [2.75, 3.05) is 0 Å². The summed E-state index contributed by atoms with van der Waals surface area (Å²) in [7, 11) is -3.58. The molecule has 0 radical (unpaired) electrons. The fraction of sp³-hybridized carbons (Fsp3) is 0.630. The largest absolute Gasteiger partial charge is 0.544 e. The molecule has 0 bridgehead atoms. The molecule has 0 N–H and O–H groups in total. The summed E-state index contributed by atoms with van der Waals surface area (Å²) in [6, 6.07) is 4.65. The van der Waals surface area contributed by atoms with E-state index >= 15 is 0 Å². The molecule has 4 heteroatoms. The molecule has 0 saturated heterocycles. The minimum absolute atomic E-state index is 0.272. The molecule has 2 unspecified atom stereocenters. The van der Waals surface area contributed by atoms with Gasteiger partial charge in [-0.1, -0.05) is 43.6 Å². The van der Waals surface area contributed by atoms with Crippen LogP contribution in [0.1, 0.15) is 69.9 Å². The van der Waals surface area contributed by atoms with Gasteiger partial charge in [0.25, 0.3) is 0 Å². The van der Waals surface area contributed by atoms with Gasteiger partial charge in [0.2, 0.25) is 16.6 Å². The number of hydrogen-bond donors (Lipinski definition) is 0. The van der Waals surface area contributed by atoms with Gasteiger partial charge in [-0.05, 0) is 102 Å². The van der Waals surface area contributed by atoms with E-state index in [-0.39, 0.29) is 5.92 Å². The molecule has 0 saturated carbocycles. The lowest BCUT2D eigenvalue weighted by atomic mass is 9.73. The van der Waals surface area contributed by atoms with Crippen molar-refractivity contribution < 1.29 is 8.85 Å². The SMILES string of the molecule is C=C(C)C1CCC(C)=CC1c1c(O[Si](C)(C)C)cc(CCCCC)cc1O[Si](C)(C)C. The van der Waals surface area contributed by atoms with Crippen molar-refractivity contribution >= 4 is 16.6 Å². The summed E-state index contributed by atoms with van der Waals surface area (Å²) in [6.07, 6.45) is 9.56. The fourth-order valence-corrected chi connectivity index (χ4v) is 6.10.